The van der Waals surface area contributed by atoms with Crippen molar-refractivity contribution in [3.63, 3.8) is 0 Å². The van der Waals surface area contributed by atoms with Crippen LogP contribution in [0.3, 0.4) is 0 Å². The molecular formula is C8H12F3NO2. The van der Waals surface area contributed by atoms with E-state index in [1.165, 1.54) is 14.2 Å². The fourth-order valence-electron chi connectivity index (χ4n) is 1.43. The Kier molecular flexibility index (Phi) is 3.04. The number of carbonyl (C=O) groups excluding carboxylic acids is 1. The third kappa shape index (κ3) is 2.17. The van der Waals surface area contributed by atoms with Gasteiger partial charge in [0.2, 0.25) is 5.91 Å². The number of rotatable bonds is 2. The summed E-state index contributed by atoms with van der Waals surface area (Å²) in [5.74, 6) is -2.23. The number of amides is 1. The molecule has 0 unspecified atom stereocenters. The summed E-state index contributed by atoms with van der Waals surface area (Å²) in [6, 6.07) is 0. The predicted molar refractivity (Wildman–Crippen MR) is 42.0 cm³/mol. The van der Waals surface area contributed by atoms with E-state index in [4.69, 9.17) is 0 Å². The number of hydrogen-bond donors (Lipinski definition) is 0. The zero-order valence-corrected chi connectivity index (χ0v) is 7.97. The molecule has 1 aliphatic rings. The molecule has 0 aromatic rings. The summed E-state index contributed by atoms with van der Waals surface area (Å²) in [6.45, 7) is 0. The Hall–Kier alpha value is -0.780. The van der Waals surface area contributed by atoms with Crippen molar-refractivity contribution in [2.45, 2.75) is 19.0 Å². The molecule has 1 fully saturated rings. The van der Waals surface area contributed by atoms with Gasteiger partial charge < -0.3 is 0 Å². The van der Waals surface area contributed by atoms with Crippen LogP contribution in [0.25, 0.3) is 0 Å². The van der Waals surface area contributed by atoms with Crippen molar-refractivity contribution >= 4 is 5.91 Å². The van der Waals surface area contributed by atoms with Crippen LogP contribution in [0.4, 0.5) is 13.2 Å². The normalized spacial score (nSPS) is 26.9. The van der Waals surface area contributed by atoms with E-state index in [0.717, 1.165) is 5.06 Å². The molecular weight excluding hydrogens is 199 g/mol. The second-order valence-corrected chi connectivity index (χ2v) is 3.43. The molecule has 0 atom stereocenters. The van der Waals surface area contributed by atoms with Crippen LogP contribution in [-0.2, 0) is 9.63 Å². The minimum absolute atomic E-state index is 0.115. The zero-order valence-electron chi connectivity index (χ0n) is 7.97. The van der Waals surface area contributed by atoms with Gasteiger partial charge in [-0.25, -0.2) is 5.06 Å². The van der Waals surface area contributed by atoms with Crippen molar-refractivity contribution in [2.24, 2.45) is 11.8 Å². The maximum atomic E-state index is 12.1. The summed E-state index contributed by atoms with van der Waals surface area (Å²) in [4.78, 5) is 15.9. The Balaban J connectivity index is 2.38. The molecule has 1 saturated carbocycles. The first kappa shape index (κ1) is 11.3. The van der Waals surface area contributed by atoms with Gasteiger partial charge in [0.15, 0.2) is 0 Å². The lowest BCUT2D eigenvalue weighted by molar-refractivity contribution is -0.214. The summed E-state index contributed by atoms with van der Waals surface area (Å²) in [6.07, 6.45) is -4.39. The SMILES string of the molecule is CON(C)C(=O)[C@H]1C[C@@H](C(F)(F)F)C1. The van der Waals surface area contributed by atoms with Crippen molar-refractivity contribution in [1.82, 2.24) is 5.06 Å². The van der Waals surface area contributed by atoms with E-state index in [1.807, 2.05) is 0 Å². The standard InChI is InChI=1S/C8H12F3NO2/c1-12(14-2)7(13)5-3-6(4-5)8(9,10)11/h5-6H,3-4H2,1-2H3/t5-,6+. The van der Waals surface area contributed by atoms with Crippen molar-refractivity contribution in [3.8, 4) is 0 Å². The quantitative estimate of drug-likeness (QED) is 0.649. The first-order valence-electron chi connectivity index (χ1n) is 4.24. The first-order chi connectivity index (χ1) is 6.36. The Morgan fingerprint density at radius 1 is 1.43 bits per heavy atom. The Labute approximate surface area is 79.8 Å². The first-order valence-corrected chi connectivity index (χ1v) is 4.24. The highest BCUT2D eigenvalue weighted by Gasteiger charge is 2.50. The van der Waals surface area contributed by atoms with E-state index in [9.17, 15) is 18.0 Å². The average molecular weight is 211 g/mol. The minimum Gasteiger partial charge on any atom is -0.275 e. The monoisotopic (exact) mass is 211 g/mol. The van der Waals surface area contributed by atoms with Gasteiger partial charge in [0.05, 0.1) is 13.0 Å². The van der Waals surface area contributed by atoms with Gasteiger partial charge in [-0.1, -0.05) is 0 Å². The molecule has 0 saturated heterocycles. The van der Waals surface area contributed by atoms with Gasteiger partial charge in [0.25, 0.3) is 0 Å². The van der Waals surface area contributed by atoms with E-state index >= 15 is 0 Å². The number of hydroxylamine groups is 2. The van der Waals surface area contributed by atoms with Gasteiger partial charge in [0, 0.05) is 13.0 Å². The zero-order chi connectivity index (χ0) is 10.9. The number of hydrogen-bond acceptors (Lipinski definition) is 2. The second-order valence-electron chi connectivity index (χ2n) is 3.43. The van der Waals surface area contributed by atoms with Crippen LogP contribution in [-0.4, -0.2) is 31.3 Å². The fraction of sp³-hybridized carbons (Fsp3) is 0.875. The molecule has 6 heteroatoms. The van der Waals surface area contributed by atoms with Crippen molar-refractivity contribution in [1.29, 1.82) is 0 Å². The largest absolute Gasteiger partial charge is 0.391 e. The molecule has 0 aromatic heterocycles. The molecule has 0 spiro atoms. The Morgan fingerprint density at radius 3 is 2.29 bits per heavy atom. The highest BCUT2D eigenvalue weighted by molar-refractivity contribution is 5.78. The van der Waals surface area contributed by atoms with Crippen molar-refractivity contribution < 1.29 is 22.8 Å². The molecule has 0 N–H and O–H groups in total. The van der Waals surface area contributed by atoms with Gasteiger partial charge in [-0.3, -0.25) is 9.63 Å². The van der Waals surface area contributed by atoms with Gasteiger partial charge >= 0.3 is 6.18 Å². The number of halogens is 3. The lowest BCUT2D eigenvalue weighted by Crippen LogP contribution is -2.44. The number of alkyl halides is 3. The Morgan fingerprint density at radius 2 is 1.93 bits per heavy atom. The molecule has 0 bridgehead atoms. The molecule has 82 valence electrons. The second kappa shape index (κ2) is 3.76. The van der Waals surface area contributed by atoms with Gasteiger partial charge in [-0.15, -0.1) is 0 Å². The lowest BCUT2D eigenvalue weighted by atomic mass is 9.74. The smallest absolute Gasteiger partial charge is 0.275 e. The third-order valence-electron chi connectivity index (χ3n) is 2.53. The van der Waals surface area contributed by atoms with Crippen LogP contribution >= 0.6 is 0 Å². The molecule has 1 aliphatic carbocycles. The van der Waals surface area contributed by atoms with Crippen LogP contribution in [0, 0.1) is 11.8 Å². The molecule has 0 aliphatic heterocycles. The van der Waals surface area contributed by atoms with E-state index in [-0.39, 0.29) is 18.7 Å². The fourth-order valence-corrected chi connectivity index (χ4v) is 1.43. The number of carbonyl (C=O) groups is 1. The summed E-state index contributed by atoms with van der Waals surface area (Å²) >= 11 is 0. The molecule has 0 aromatic carbocycles. The van der Waals surface area contributed by atoms with Gasteiger partial charge in [0.1, 0.15) is 0 Å². The van der Waals surface area contributed by atoms with E-state index in [0.29, 0.717) is 0 Å². The predicted octanol–water partition coefficient (Wildman–Crippen LogP) is 1.59. The molecule has 14 heavy (non-hydrogen) atoms. The molecule has 0 radical (unpaired) electrons. The maximum absolute atomic E-state index is 12.1. The molecule has 0 heterocycles. The van der Waals surface area contributed by atoms with Crippen LogP contribution in [0.2, 0.25) is 0 Å². The minimum atomic E-state index is -4.16. The third-order valence-corrected chi connectivity index (χ3v) is 2.53. The summed E-state index contributed by atoms with van der Waals surface area (Å²) in [5.41, 5.74) is 0. The van der Waals surface area contributed by atoms with Crippen molar-refractivity contribution in [2.75, 3.05) is 14.2 Å². The van der Waals surface area contributed by atoms with E-state index < -0.39 is 18.0 Å². The van der Waals surface area contributed by atoms with Gasteiger partial charge in [-0.2, -0.15) is 13.2 Å². The van der Waals surface area contributed by atoms with E-state index in [1.54, 1.807) is 0 Å². The molecule has 3 nitrogen and oxygen atoms in total. The molecule has 1 amide bonds. The summed E-state index contributed by atoms with van der Waals surface area (Å²) in [5, 5.41) is 0.970. The van der Waals surface area contributed by atoms with Crippen molar-refractivity contribution in [3.05, 3.63) is 0 Å². The average Bonchev–Trinajstić information content (AvgIpc) is 1.97. The summed E-state index contributed by atoms with van der Waals surface area (Å²) < 4.78 is 36.2. The topological polar surface area (TPSA) is 29.5 Å². The van der Waals surface area contributed by atoms with Crippen LogP contribution in [0.1, 0.15) is 12.8 Å². The van der Waals surface area contributed by atoms with Crippen LogP contribution < -0.4 is 0 Å². The van der Waals surface area contributed by atoms with Crippen LogP contribution in [0.15, 0.2) is 0 Å². The summed E-state index contributed by atoms with van der Waals surface area (Å²) in [7, 11) is 2.70. The van der Waals surface area contributed by atoms with E-state index in [2.05, 4.69) is 4.84 Å². The van der Waals surface area contributed by atoms with Gasteiger partial charge in [-0.05, 0) is 12.8 Å². The molecule has 1 rings (SSSR count). The maximum Gasteiger partial charge on any atom is 0.391 e. The Bertz CT molecular complexity index is 223. The van der Waals surface area contributed by atoms with Crippen LogP contribution in [0.5, 0.6) is 0 Å². The lowest BCUT2D eigenvalue weighted by Gasteiger charge is -2.36. The highest BCUT2D eigenvalue weighted by Crippen LogP contribution is 2.45. The highest BCUT2D eigenvalue weighted by atomic mass is 19.4. The number of nitrogens with zero attached hydrogens (tertiary/aromatic N) is 1.